The van der Waals surface area contributed by atoms with Gasteiger partial charge in [-0.3, -0.25) is 4.79 Å². The van der Waals surface area contributed by atoms with Crippen LogP contribution in [0.3, 0.4) is 0 Å². The van der Waals surface area contributed by atoms with Crippen LogP contribution in [0.5, 0.6) is 0 Å². The molecule has 2 rings (SSSR count). The summed E-state index contributed by atoms with van der Waals surface area (Å²) in [5.41, 5.74) is 0.668. The number of rotatable bonds is 3. The zero-order valence-electron chi connectivity index (χ0n) is 11.2. The van der Waals surface area contributed by atoms with E-state index in [1.807, 2.05) is 0 Å². The summed E-state index contributed by atoms with van der Waals surface area (Å²) in [6.07, 6.45) is 3.93. The predicted octanol–water partition coefficient (Wildman–Crippen LogP) is 2.29. The van der Waals surface area contributed by atoms with Crippen molar-refractivity contribution in [3.63, 3.8) is 0 Å². The largest absolute Gasteiger partial charge is 0.373 e. The minimum atomic E-state index is -0.000139. The number of pyridine rings is 1. The molecule has 0 radical (unpaired) electrons. The van der Waals surface area contributed by atoms with Crippen LogP contribution >= 0.6 is 0 Å². The summed E-state index contributed by atoms with van der Waals surface area (Å²) in [6.45, 7) is 4.47. The summed E-state index contributed by atoms with van der Waals surface area (Å²) in [5, 5.41) is 6.07. The van der Waals surface area contributed by atoms with Crippen molar-refractivity contribution in [1.29, 1.82) is 0 Å². The maximum Gasteiger partial charge on any atom is 0.251 e. The minimum Gasteiger partial charge on any atom is -0.373 e. The van der Waals surface area contributed by atoms with E-state index in [0.717, 1.165) is 12.2 Å². The molecule has 18 heavy (non-hydrogen) atoms. The molecule has 1 aliphatic carbocycles. The first kappa shape index (κ1) is 12.9. The highest BCUT2D eigenvalue weighted by Gasteiger charge is 2.30. The third-order valence-electron chi connectivity index (χ3n) is 4.06. The second kappa shape index (κ2) is 5.38. The Bertz CT molecular complexity index is 433. The Morgan fingerprint density at radius 3 is 2.78 bits per heavy atom. The van der Waals surface area contributed by atoms with Crippen LogP contribution in [0.15, 0.2) is 18.3 Å². The molecule has 0 aromatic carbocycles. The second-order valence-corrected chi connectivity index (χ2v) is 5.17. The van der Waals surface area contributed by atoms with Crippen molar-refractivity contribution in [2.75, 3.05) is 12.4 Å². The van der Waals surface area contributed by atoms with Crippen molar-refractivity contribution < 1.29 is 4.79 Å². The van der Waals surface area contributed by atoms with E-state index < -0.39 is 0 Å². The molecule has 1 heterocycles. The minimum absolute atomic E-state index is 0.000139. The first-order valence-corrected chi connectivity index (χ1v) is 6.56. The Hall–Kier alpha value is -1.58. The maximum absolute atomic E-state index is 12.2. The van der Waals surface area contributed by atoms with Gasteiger partial charge in [0.05, 0.1) is 0 Å². The molecule has 1 aromatic heterocycles. The van der Waals surface area contributed by atoms with Gasteiger partial charge in [-0.25, -0.2) is 4.98 Å². The normalized spacial score (nSPS) is 26.9. The van der Waals surface area contributed by atoms with Gasteiger partial charge in [0.2, 0.25) is 0 Å². The quantitative estimate of drug-likeness (QED) is 0.861. The third-order valence-corrected chi connectivity index (χ3v) is 4.06. The summed E-state index contributed by atoms with van der Waals surface area (Å²) in [4.78, 5) is 16.3. The Kier molecular flexibility index (Phi) is 3.84. The first-order chi connectivity index (χ1) is 8.61. The molecule has 4 heteroatoms. The molecule has 1 fully saturated rings. The fourth-order valence-electron chi connectivity index (χ4n) is 2.53. The summed E-state index contributed by atoms with van der Waals surface area (Å²) >= 11 is 0. The Balaban J connectivity index is 2.03. The van der Waals surface area contributed by atoms with Gasteiger partial charge in [-0.05, 0) is 36.8 Å². The van der Waals surface area contributed by atoms with Gasteiger partial charge in [0.15, 0.2) is 0 Å². The van der Waals surface area contributed by atoms with Crippen LogP contribution in [0.4, 0.5) is 5.82 Å². The number of anilines is 1. The van der Waals surface area contributed by atoms with Crippen LogP contribution in [0.2, 0.25) is 0 Å². The molecule has 0 saturated heterocycles. The van der Waals surface area contributed by atoms with E-state index in [9.17, 15) is 4.79 Å². The van der Waals surface area contributed by atoms with E-state index >= 15 is 0 Å². The standard InChI is InChI=1S/C14H21N3O/c1-9-4-5-12(10(9)2)17-14(18)11-6-7-16-13(8-11)15-3/h6-10,12H,4-5H2,1-3H3,(H,15,16)(H,17,18). The van der Waals surface area contributed by atoms with Crippen molar-refractivity contribution in [2.24, 2.45) is 11.8 Å². The Morgan fingerprint density at radius 2 is 2.17 bits per heavy atom. The van der Waals surface area contributed by atoms with Crippen LogP contribution in [-0.4, -0.2) is 24.0 Å². The molecule has 1 aliphatic rings. The van der Waals surface area contributed by atoms with E-state index in [1.54, 1.807) is 25.4 Å². The van der Waals surface area contributed by atoms with E-state index in [0.29, 0.717) is 23.4 Å². The van der Waals surface area contributed by atoms with Crippen LogP contribution < -0.4 is 10.6 Å². The fraction of sp³-hybridized carbons (Fsp3) is 0.571. The average Bonchev–Trinajstić information content (AvgIpc) is 2.71. The average molecular weight is 247 g/mol. The number of hydrogen-bond donors (Lipinski definition) is 2. The summed E-state index contributed by atoms with van der Waals surface area (Å²) in [5.74, 6) is 1.97. The smallest absolute Gasteiger partial charge is 0.251 e. The van der Waals surface area contributed by atoms with E-state index in [4.69, 9.17) is 0 Å². The van der Waals surface area contributed by atoms with Crippen LogP contribution in [0.25, 0.3) is 0 Å². The summed E-state index contributed by atoms with van der Waals surface area (Å²) in [7, 11) is 1.80. The Labute approximate surface area is 108 Å². The molecule has 0 aliphatic heterocycles. The summed E-state index contributed by atoms with van der Waals surface area (Å²) in [6, 6.07) is 3.83. The van der Waals surface area contributed by atoms with Crippen molar-refractivity contribution >= 4 is 11.7 Å². The lowest BCUT2D eigenvalue weighted by atomic mass is 9.97. The molecule has 4 nitrogen and oxygen atoms in total. The SMILES string of the molecule is CNc1cc(C(=O)NC2CCC(C)C2C)ccn1. The van der Waals surface area contributed by atoms with Gasteiger partial charge in [-0.15, -0.1) is 0 Å². The molecule has 0 bridgehead atoms. The van der Waals surface area contributed by atoms with Crippen LogP contribution in [0, 0.1) is 11.8 Å². The Morgan fingerprint density at radius 1 is 1.39 bits per heavy atom. The number of hydrogen-bond acceptors (Lipinski definition) is 3. The third kappa shape index (κ3) is 2.63. The maximum atomic E-state index is 12.2. The number of carbonyl (C=O) groups is 1. The van der Waals surface area contributed by atoms with Crippen molar-refractivity contribution in [3.8, 4) is 0 Å². The van der Waals surface area contributed by atoms with Gasteiger partial charge in [-0.2, -0.15) is 0 Å². The first-order valence-electron chi connectivity index (χ1n) is 6.56. The number of aromatic nitrogens is 1. The summed E-state index contributed by atoms with van der Waals surface area (Å²) < 4.78 is 0. The lowest BCUT2D eigenvalue weighted by Crippen LogP contribution is -2.37. The topological polar surface area (TPSA) is 54.0 Å². The van der Waals surface area contributed by atoms with E-state index in [-0.39, 0.29) is 5.91 Å². The molecule has 3 unspecified atom stereocenters. The highest BCUT2D eigenvalue weighted by Crippen LogP contribution is 2.31. The van der Waals surface area contributed by atoms with Gasteiger partial charge in [0.1, 0.15) is 5.82 Å². The molecular formula is C14H21N3O. The molecule has 98 valence electrons. The monoisotopic (exact) mass is 247 g/mol. The zero-order valence-corrected chi connectivity index (χ0v) is 11.2. The fourth-order valence-corrected chi connectivity index (χ4v) is 2.53. The van der Waals surface area contributed by atoms with Crippen molar-refractivity contribution in [1.82, 2.24) is 10.3 Å². The molecule has 2 N–H and O–H groups in total. The van der Waals surface area contributed by atoms with Gasteiger partial charge in [0.25, 0.3) is 5.91 Å². The van der Waals surface area contributed by atoms with Gasteiger partial charge in [-0.1, -0.05) is 13.8 Å². The number of nitrogens with one attached hydrogen (secondary N) is 2. The van der Waals surface area contributed by atoms with Gasteiger partial charge >= 0.3 is 0 Å². The molecule has 3 atom stereocenters. The van der Waals surface area contributed by atoms with Crippen molar-refractivity contribution in [3.05, 3.63) is 23.9 Å². The van der Waals surface area contributed by atoms with Crippen molar-refractivity contribution in [2.45, 2.75) is 32.7 Å². The highest BCUT2D eigenvalue weighted by molar-refractivity contribution is 5.95. The second-order valence-electron chi connectivity index (χ2n) is 5.17. The van der Waals surface area contributed by atoms with Crippen LogP contribution in [0.1, 0.15) is 37.0 Å². The highest BCUT2D eigenvalue weighted by atomic mass is 16.1. The lowest BCUT2D eigenvalue weighted by molar-refractivity contribution is 0.0927. The van der Waals surface area contributed by atoms with Gasteiger partial charge < -0.3 is 10.6 Å². The van der Waals surface area contributed by atoms with Crippen LogP contribution in [-0.2, 0) is 0 Å². The van der Waals surface area contributed by atoms with Gasteiger partial charge in [0, 0.05) is 24.8 Å². The molecule has 1 saturated carbocycles. The number of nitrogens with zero attached hydrogens (tertiary/aromatic N) is 1. The predicted molar refractivity (Wildman–Crippen MR) is 72.6 cm³/mol. The molecular weight excluding hydrogens is 226 g/mol. The zero-order chi connectivity index (χ0) is 13.1. The molecule has 0 spiro atoms. The number of amides is 1. The molecule has 1 aromatic rings. The lowest BCUT2D eigenvalue weighted by Gasteiger charge is -2.19. The number of carbonyl (C=O) groups excluding carboxylic acids is 1. The molecule has 1 amide bonds. The van der Waals surface area contributed by atoms with E-state index in [1.165, 1.54) is 6.42 Å². The van der Waals surface area contributed by atoms with E-state index in [2.05, 4.69) is 29.5 Å².